The van der Waals surface area contributed by atoms with Crippen molar-refractivity contribution in [3.8, 4) is 0 Å². The van der Waals surface area contributed by atoms with Crippen molar-refractivity contribution in [2.75, 3.05) is 26.2 Å². The van der Waals surface area contributed by atoms with E-state index in [1.54, 1.807) is 6.20 Å². The van der Waals surface area contributed by atoms with Crippen LogP contribution in [-0.4, -0.2) is 87.5 Å². The number of ether oxygens (including phenoxy) is 1. The first-order chi connectivity index (χ1) is 18.6. The maximum atomic E-state index is 13.0. The summed E-state index contributed by atoms with van der Waals surface area (Å²) in [6.45, 7) is 6.22. The molecule has 2 saturated heterocycles. The molecule has 2 aromatic rings. The molecule has 2 N–H and O–H groups in total. The van der Waals surface area contributed by atoms with Gasteiger partial charge >= 0.3 is 24.3 Å². The van der Waals surface area contributed by atoms with E-state index in [0.717, 1.165) is 43.1 Å². The van der Waals surface area contributed by atoms with Crippen molar-refractivity contribution in [3.05, 3.63) is 53.7 Å². The number of piperidine rings is 1. The van der Waals surface area contributed by atoms with E-state index in [0.29, 0.717) is 19.7 Å². The van der Waals surface area contributed by atoms with Crippen LogP contribution in [0.4, 0.5) is 26.3 Å². The van der Waals surface area contributed by atoms with Crippen LogP contribution in [0.5, 0.6) is 0 Å². The maximum absolute atomic E-state index is 13.0. The molecule has 2 aliphatic rings. The van der Waals surface area contributed by atoms with Crippen LogP contribution in [0.1, 0.15) is 23.5 Å². The van der Waals surface area contributed by atoms with Gasteiger partial charge in [-0.15, -0.1) is 0 Å². The highest BCUT2D eigenvalue weighted by Gasteiger charge is 2.40. The summed E-state index contributed by atoms with van der Waals surface area (Å²) in [5, 5.41) is 14.2. The van der Waals surface area contributed by atoms with Gasteiger partial charge in [0.05, 0.1) is 25.2 Å². The number of alkyl halides is 6. The van der Waals surface area contributed by atoms with E-state index < -0.39 is 24.3 Å². The summed E-state index contributed by atoms with van der Waals surface area (Å²) in [5.41, 5.74) is 1.06. The van der Waals surface area contributed by atoms with Crippen molar-refractivity contribution >= 4 is 17.8 Å². The van der Waals surface area contributed by atoms with Crippen LogP contribution in [0.2, 0.25) is 0 Å². The third-order valence-electron chi connectivity index (χ3n) is 5.72. The number of aryl methyl sites for hydroxylation is 1. The van der Waals surface area contributed by atoms with Crippen molar-refractivity contribution in [1.82, 2.24) is 14.8 Å². The highest BCUT2D eigenvalue weighted by Crippen LogP contribution is 2.27. The number of fused-ring (bicyclic) bond motifs is 1. The summed E-state index contributed by atoms with van der Waals surface area (Å²) in [4.78, 5) is 39.2. The molecule has 10 nitrogen and oxygen atoms in total. The quantitative estimate of drug-likeness (QED) is 0.519. The van der Waals surface area contributed by atoms with E-state index in [9.17, 15) is 31.1 Å². The highest BCUT2D eigenvalue weighted by molar-refractivity contribution is 5.80. The summed E-state index contributed by atoms with van der Waals surface area (Å²) in [5.74, 6) is -3.45. The van der Waals surface area contributed by atoms with Crippen molar-refractivity contribution in [1.29, 1.82) is 0 Å². The second kappa shape index (κ2) is 14.1. The van der Waals surface area contributed by atoms with E-state index in [4.69, 9.17) is 29.0 Å². The Bertz CT molecular complexity index is 1100. The van der Waals surface area contributed by atoms with Crippen LogP contribution in [0.15, 0.2) is 41.1 Å². The van der Waals surface area contributed by atoms with Gasteiger partial charge in [0, 0.05) is 32.0 Å². The first kappa shape index (κ1) is 32.6. The van der Waals surface area contributed by atoms with Gasteiger partial charge in [-0.25, -0.2) is 9.59 Å². The molecule has 0 radical (unpaired) electrons. The number of rotatable bonds is 4. The Kier molecular flexibility index (Phi) is 11.5. The van der Waals surface area contributed by atoms with E-state index in [1.807, 2.05) is 42.3 Å². The van der Waals surface area contributed by atoms with Gasteiger partial charge in [0.2, 0.25) is 5.91 Å². The monoisotopic (exact) mass is 583 g/mol. The molecule has 16 heteroatoms. The standard InChI is InChI=1S/C20H25N3O3.2C2HF3O2/c1-15-4-5-17(26-15)13-22-8-6-18-19(14-22)25-10-9-23(20(18)24)12-16-3-2-7-21-11-16;2*3-2(4,5)1(6)7/h2-5,7,11,18-19H,6,8-10,12-14H2,1H3;2*(H,6,7)/t18-,19+;;/m1../s1. The average molecular weight is 583 g/mol. The molecule has 1 amide bonds. The van der Waals surface area contributed by atoms with Crippen molar-refractivity contribution in [3.63, 3.8) is 0 Å². The molecule has 2 atom stereocenters. The van der Waals surface area contributed by atoms with Gasteiger partial charge in [0.15, 0.2) is 0 Å². The number of likely N-dealkylation sites (tertiary alicyclic amines) is 1. The third-order valence-corrected chi connectivity index (χ3v) is 5.72. The topological polar surface area (TPSA) is 133 Å². The first-order valence-electron chi connectivity index (χ1n) is 11.7. The number of hydrogen-bond acceptors (Lipinski definition) is 7. The molecule has 0 bridgehead atoms. The van der Waals surface area contributed by atoms with E-state index in [-0.39, 0.29) is 17.9 Å². The predicted molar refractivity (Wildman–Crippen MR) is 124 cm³/mol. The summed E-state index contributed by atoms with van der Waals surface area (Å²) >= 11 is 0. The number of nitrogens with zero attached hydrogens (tertiary/aromatic N) is 3. The minimum Gasteiger partial charge on any atom is -0.475 e. The molecular weight excluding hydrogens is 556 g/mol. The van der Waals surface area contributed by atoms with Crippen LogP contribution in [-0.2, 0) is 32.2 Å². The Hall–Kier alpha value is -3.66. The second-order valence-corrected chi connectivity index (χ2v) is 8.78. The average Bonchev–Trinajstić information content (AvgIpc) is 3.20. The Morgan fingerprint density at radius 1 is 1.02 bits per heavy atom. The van der Waals surface area contributed by atoms with E-state index in [1.165, 1.54) is 0 Å². The Labute approximate surface area is 224 Å². The SMILES string of the molecule is Cc1ccc(CN2CC[C@H]3C(=O)N(Cc4cccnc4)CCO[C@H]3C2)o1.O=C(O)C(F)(F)F.O=C(O)C(F)(F)F. The lowest BCUT2D eigenvalue weighted by molar-refractivity contribution is -0.193. The molecule has 4 rings (SSSR count). The normalized spacial score (nSPS) is 19.8. The lowest BCUT2D eigenvalue weighted by atomic mass is 9.92. The number of hydrogen-bond donors (Lipinski definition) is 2. The van der Waals surface area contributed by atoms with Gasteiger partial charge in [-0.05, 0) is 43.7 Å². The number of halogens is 6. The van der Waals surface area contributed by atoms with Crippen molar-refractivity contribution < 1.29 is 60.1 Å². The maximum Gasteiger partial charge on any atom is 0.490 e. The summed E-state index contributed by atoms with van der Waals surface area (Å²) < 4.78 is 75.2. The molecular formula is C24H27F6N3O7. The molecule has 4 heterocycles. The first-order valence-corrected chi connectivity index (χ1v) is 11.7. The Morgan fingerprint density at radius 3 is 2.15 bits per heavy atom. The minimum absolute atomic E-state index is 0.0359. The van der Waals surface area contributed by atoms with Gasteiger partial charge in [-0.1, -0.05) is 6.07 Å². The number of aromatic nitrogens is 1. The van der Waals surface area contributed by atoms with Gasteiger partial charge in [0.1, 0.15) is 11.5 Å². The predicted octanol–water partition coefficient (Wildman–Crippen LogP) is 3.50. The van der Waals surface area contributed by atoms with Crippen LogP contribution in [0.25, 0.3) is 0 Å². The summed E-state index contributed by atoms with van der Waals surface area (Å²) in [6.07, 6.45) is -5.80. The molecule has 2 aliphatic heterocycles. The molecule has 2 fully saturated rings. The van der Waals surface area contributed by atoms with Gasteiger partial charge < -0.3 is 24.3 Å². The van der Waals surface area contributed by atoms with E-state index >= 15 is 0 Å². The number of amides is 1. The van der Waals surface area contributed by atoms with Crippen molar-refractivity contribution in [2.45, 2.75) is 44.9 Å². The number of carboxylic acid groups (broad SMARTS) is 2. The number of carboxylic acids is 2. The Balaban J connectivity index is 0.000000333. The number of aliphatic carboxylic acids is 2. The number of furan rings is 1. The molecule has 40 heavy (non-hydrogen) atoms. The smallest absolute Gasteiger partial charge is 0.475 e. The fourth-order valence-corrected chi connectivity index (χ4v) is 3.89. The van der Waals surface area contributed by atoms with Crippen LogP contribution < -0.4 is 0 Å². The lowest BCUT2D eigenvalue weighted by Gasteiger charge is -2.36. The second-order valence-electron chi connectivity index (χ2n) is 8.78. The van der Waals surface area contributed by atoms with Crippen LogP contribution in [0.3, 0.4) is 0 Å². The third kappa shape index (κ3) is 10.5. The van der Waals surface area contributed by atoms with Gasteiger partial charge in [-0.2, -0.15) is 26.3 Å². The van der Waals surface area contributed by atoms with Crippen LogP contribution >= 0.6 is 0 Å². The largest absolute Gasteiger partial charge is 0.490 e. The fourth-order valence-electron chi connectivity index (χ4n) is 3.89. The number of carbonyl (C=O) groups excluding carboxylic acids is 1. The van der Waals surface area contributed by atoms with Crippen LogP contribution in [0, 0.1) is 12.8 Å². The fraction of sp³-hybridized carbons (Fsp3) is 0.500. The summed E-state index contributed by atoms with van der Waals surface area (Å²) in [7, 11) is 0. The molecule has 0 saturated carbocycles. The Morgan fingerprint density at radius 2 is 1.65 bits per heavy atom. The lowest BCUT2D eigenvalue weighted by Crippen LogP contribution is -2.48. The van der Waals surface area contributed by atoms with Gasteiger partial charge in [0.25, 0.3) is 0 Å². The minimum atomic E-state index is -5.08. The number of pyridine rings is 1. The summed E-state index contributed by atoms with van der Waals surface area (Å²) in [6, 6.07) is 7.93. The molecule has 2 aromatic heterocycles. The zero-order valence-corrected chi connectivity index (χ0v) is 21.1. The highest BCUT2D eigenvalue weighted by atomic mass is 19.4. The van der Waals surface area contributed by atoms with Gasteiger partial charge in [-0.3, -0.25) is 14.7 Å². The zero-order chi connectivity index (χ0) is 30.1. The molecule has 0 unspecified atom stereocenters. The number of carbonyl (C=O) groups is 3. The molecule has 0 spiro atoms. The molecule has 0 aliphatic carbocycles. The van der Waals surface area contributed by atoms with Crippen molar-refractivity contribution in [2.24, 2.45) is 5.92 Å². The molecule has 222 valence electrons. The zero-order valence-electron chi connectivity index (χ0n) is 21.1. The van der Waals surface area contributed by atoms with E-state index in [2.05, 4.69) is 9.88 Å². The molecule has 0 aromatic carbocycles.